The summed E-state index contributed by atoms with van der Waals surface area (Å²) in [6, 6.07) is 5.37. The number of benzene rings is 1. The number of methoxy groups -OCH3 is 1. The van der Waals surface area contributed by atoms with E-state index in [9.17, 15) is 21.6 Å². The Kier molecular flexibility index (Phi) is 5.90. The van der Waals surface area contributed by atoms with Crippen molar-refractivity contribution in [2.24, 2.45) is 5.92 Å². The highest BCUT2D eigenvalue weighted by atomic mass is 32.2. The van der Waals surface area contributed by atoms with Gasteiger partial charge in [0.1, 0.15) is 0 Å². The van der Waals surface area contributed by atoms with E-state index in [0.29, 0.717) is 25.9 Å². The van der Waals surface area contributed by atoms with Crippen LogP contribution < -0.4 is 0 Å². The number of piperidine rings is 1. The highest BCUT2D eigenvalue weighted by molar-refractivity contribution is 7.89. The molecule has 27 heavy (non-hydrogen) atoms. The molecule has 8 nitrogen and oxygen atoms in total. The van der Waals surface area contributed by atoms with Gasteiger partial charge in [-0.3, -0.25) is 4.79 Å². The second kappa shape index (κ2) is 7.86. The summed E-state index contributed by atoms with van der Waals surface area (Å²) in [6.45, 7) is 1.46. The molecule has 0 N–H and O–H groups in total. The fourth-order valence-corrected chi connectivity index (χ4v) is 6.50. The summed E-state index contributed by atoms with van der Waals surface area (Å²) in [4.78, 5) is 11.7. The standard InChI is InChI=1S/C17H24N2O6S2/c1-25-17(20)14-8-12-19(13-9-14)27(23,24)16-6-4-15(5-7-16)26(21,22)18-10-2-3-11-18/h4-7,14H,2-3,8-13H2,1H3. The molecule has 0 spiro atoms. The molecular weight excluding hydrogens is 392 g/mol. The highest BCUT2D eigenvalue weighted by Crippen LogP contribution is 2.26. The van der Waals surface area contributed by atoms with Gasteiger partial charge in [-0.15, -0.1) is 0 Å². The molecule has 2 aliphatic rings. The minimum absolute atomic E-state index is 0.0550. The molecule has 0 aromatic heterocycles. The van der Waals surface area contributed by atoms with Crippen molar-refractivity contribution in [3.8, 4) is 0 Å². The van der Waals surface area contributed by atoms with Crippen molar-refractivity contribution in [2.75, 3.05) is 33.3 Å². The van der Waals surface area contributed by atoms with E-state index >= 15 is 0 Å². The van der Waals surface area contributed by atoms with E-state index in [2.05, 4.69) is 0 Å². The number of carbonyl (C=O) groups excluding carboxylic acids is 1. The van der Waals surface area contributed by atoms with Crippen LogP contribution >= 0.6 is 0 Å². The first-order valence-electron chi connectivity index (χ1n) is 8.95. The lowest BCUT2D eigenvalue weighted by molar-refractivity contribution is -0.146. The maximum absolute atomic E-state index is 12.8. The van der Waals surface area contributed by atoms with Crippen molar-refractivity contribution < 1.29 is 26.4 Å². The first kappa shape index (κ1) is 20.2. The summed E-state index contributed by atoms with van der Waals surface area (Å²) < 4.78 is 58.2. The summed E-state index contributed by atoms with van der Waals surface area (Å²) in [5.74, 6) is -0.599. The minimum Gasteiger partial charge on any atom is -0.469 e. The number of carbonyl (C=O) groups is 1. The number of sulfonamides is 2. The lowest BCUT2D eigenvalue weighted by Crippen LogP contribution is -2.40. The average Bonchev–Trinajstić information content (AvgIpc) is 3.23. The van der Waals surface area contributed by atoms with E-state index in [0.717, 1.165) is 12.8 Å². The Hall–Kier alpha value is -1.49. The zero-order valence-corrected chi connectivity index (χ0v) is 16.8. The van der Waals surface area contributed by atoms with Crippen LogP contribution in [0.5, 0.6) is 0 Å². The molecule has 0 radical (unpaired) electrons. The quantitative estimate of drug-likeness (QED) is 0.665. The molecule has 150 valence electrons. The zero-order valence-electron chi connectivity index (χ0n) is 15.2. The van der Waals surface area contributed by atoms with Gasteiger partial charge in [0.15, 0.2) is 0 Å². The van der Waals surface area contributed by atoms with Gasteiger partial charge in [-0.1, -0.05) is 0 Å². The lowest BCUT2D eigenvalue weighted by Gasteiger charge is -2.29. The predicted molar refractivity (Wildman–Crippen MR) is 97.9 cm³/mol. The summed E-state index contributed by atoms with van der Waals surface area (Å²) in [6.07, 6.45) is 2.50. The van der Waals surface area contributed by atoms with Gasteiger partial charge in [0, 0.05) is 26.2 Å². The van der Waals surface area contributed by atoms with Crippen LogP contribution in [0.4, 0.5) is 0 Å². The SMILES string of the molecule is COC(=O)C1CCN(S(=O)(=O)c2ccc(S(=O)(=O)N3CCCC3)cc2)CC1. The molecule has 1 aromatic carbocycles. The molecule has 0 unspecified atom stereocenters. The van der Waals surface area contributed by atoms with E-state index < -0.39 is 20.0 Å². The van der Waals surface area contributed by atoms with Crippen LogP contribution in [0.15, 0.2) is 34.1 Å². The van der Waals surface area contributed by atoms with E-state index in [1.165, 1.54) is 40.0 Å². The van der Waals surface area contributed by atoms with Gasteiger partial charge in [0.25, 0.3) is 0 Å². The Bertz CT molecular complexity index is 882. The molecule has 0 bridgehead atoms. The third-order valence-electron chi connectivity index (χ3n) is 5.15. The molecule has 10 heteroatoms. The van der Waals surface area contributed by atoms with Gasteiger partial charge in [-0.2, -0.15) is 8.61 Å². The molecule has 2 fully saturated rings. The molecule has 2 saturated heterocycles. The third-order valence-corrected chi connectivity index (χ3v) is 8.98. The topological polar surface area (TPSA) is 101 Å². The molecule has 0 amide bonds. The average molecular weight is 417 g/mol. The maximum Gasteiger partial charge on any atom is 0.308 e. The third kappa shape index (κ3) is 4.03. The van der Waals surface area contributed by atoms with Crippen LogP contribution in [-0.2, 0) is 29.6 Å². The Morgan fingerprint density at radius 1 is 0.852 bits per heavy atom. The van der Waals surface area contributed by atoms with Gasteiger partial charge in [-0.25, -0.2) is 16.8 Å². The maximum atomic E-state index is 12.8. The van der Waals surface area contributed by atoms with Crippen LogP contribution in [0.2, 0.25) is 0 Å². The molecule has 0 aliphatic carbocycles. The summed E-state index contributed by atoms with van der Waals surface area (Å²) in [7, 11) is -5.98. The largest absolute Gasteiger partial charge is 0.469 e. The molecule has 2 heterocycles. The number of rotatable bonds is 5. The van der Waals surface area contributed by atoms with Crippen molar-refractivity contribution in [2.45, 2.75) is 35.5 Å². The van der Waals surface area contributed by atoms with Crippen molar-refractivity contribution >= 4 is 26.0 Å². The molecule has 0 saturated carbocycles. The second-order valence-corrected chi connectivity index (χ2v) is 10.7. The van der Waals surface area contributed by atoms with Gasteiger partial charge >= 0.3 is 5.97 Å². The summed E-state index contributed by atoms with van der Waals surface area (Å²) >= 11 is 0. The normalized spacial score (nSPS) is 20.6. The number of ether oxygens (including phenoxy) is 1. The predicted octanol–water partition coefficient (Wildman–Crippen LogP) is 1.04. The smallest absolute Gasteiger partial charge is 0.308 e. The van der Waals surface area contributed by atoms with Gasteiger partial charge in [-0.05, 0) is 49.9 Å². The van der Waals surface area contributed by atoms with Crippen molar-refractivity contribution in [1.82, 2.24) is 8.61 Å². The molecule has 1 aromatic rings. The molecule has 3 rings (SSSR count). The van der Waals surface area contributed by atoms with E-state index in [1.807, 2.05) is 0 Å². The van der Waals surface area contributed by atoms with Crippen LogP contribution in [0.3, 0.4) is 0 Å². The van der Waals surface area contributed by atoms with E-state index in [-0.39, 0.29) is 34.8 Å². The fourth-order valence-electron chi connectivity index (χ4n) is 3.51. The highest BCUT2D eigenvalue weighted by Gasteiger charge is 2.33. The molecule has 2 aliphatic heterocycles. The van der Waals surface area contributed by atoms with Gasteiger partial charge in [0.05, 0.1) is 22.8 Å². The molecular formula is C17H24N2O6S2. The zero-order chi connectivity index (χ0) is 19.7. The Morgan fingerprint density at radius 2 is 1.26 bits per heavy atom. The number of hydrogen-bond donors (Lipinski definition) is 0. The Labute approximate surface area is 160 Å². The first-order valence-corrected chi connectivity index (χ1v) is 11.8. The number of nitrogens with zero attached hydrogens (tertiary/aromatic N) is 2. The van der Waals surface area contributed by atoms with Crippen LogP contribution in [0.25, 0.3) is 0 Å². The Balaban J connectivity index is 1.73. The van der Waals surface area contributed by atoms with Gasteiger partial charge in [0.2, 0.25) is 20.0 Å². The van der Waals surface area contributed by atoms with Gasteiger partial charge < -0.3 is 4.74 Å². The second-order valence-electron chi connectivity index (χ2n) is 6.78. The van der Waals surface area contributed by atoms with Crippen molar-refractivity contribution in [3.05, 3.63) is 24.3 Å². The molecule has 0 atom stereocenters. The van der Waals surface area contributed by atoms with Crippen LogP contribution in [0, 0.1) is 5.92 Å². The van der Waals surface area contributed by atoms with E-state index in [4.69, 9.17) is 4.74 Å². The van der Waals surface area contributed by atoms with E-state index in [1.54, 1.807) is 0 Å². The number of esters is 1. The van der Waals surface area contributed by atoms with Crippen LogP contribution in [0.1, 0.15) is 25.7 Å². The summed E-state index contributed by atoms with van der Waals surface area (Å²) in [5, 5.41) is 0. The Morgan fingerprint density at radius 3 is 1.67 bits per heavy atom. The van der Waals surface area contributed by atoms with Crippen LogP contribution in [-0.4, -0.2) is 64.7 Å². The summed E-state index contributed by atoms with van der Waals surface area (Å²) in [5.41, 5.74) is 0. The first-order chi connectivity index (χ1) is 12.8. The fraction of sp³-hybridized carbons (Fsp3) is 0.588. The van der Waals surface area contributed by atoms with Crippen molar-refractivity contribution in [3.63, 3.8) is 0 Å². The van der Waals surface area contributed by atoms with Crippen molar-refractivity contribution in [1.29, 1.82) is 0 Å². The lowest BCUT2D eigenvalue weighted by atomic mass is 9.99. The number of hydrogen-bond acceptors (Lipinski definition) is 6. The minimum atomic E-state index is -3.73. The monoisotopic (exact) mass is 416 g/mol.